The molecule has 6 heteroatoms. The number of carboxylic acid groups (broad SMARTS) is 1. The van der Waals surface area contributed by atoms with E-state index in [0.717, 1.165) is 27.9 Å². The highest BCUT2D eigenvalue weighted by atomic mass is 16.5. The number of nitrogens with zero attached hydrogens (tertiary/aromatic N) is 2. The van der Waals surface area contributed by atoms with Crippen LogP contribution in [0.4, 0.5) is 0 Å². The zero-order valence-corrected chi connectivity index (χ0v) is 11.0. The quantitative estimate of drug-likeness (QED) is 0.765. The van der Waals surface area contributed by atoms with Crippen LogP contribution in [0.15, 0.2) is 30.5 Å². The van der Waals surface area contributed by atoms with Crippen LogP contribution < -0.4 is 4.74 Å². The van der Waals surface area contributed by atoms with Crippen molar-refractivity contribution in [1.82, 2.24) is 14.8 Å². The first-order chi connectivity index (χ1) is 9.61. The number of hydrogen-bond donors (Lipinski definition) is 2. The number of aryl methyl sites for hydroxylation is 1. The van der Waals surface area contributed by atoms with Gasteiger partial charge in [0.2, 0.25) is 0 Å². The lowest BCUT2D eigenvalue weighted by Gasteiger charge is -2.02. The molecule has 0 saturated carbocycles. The van der Waals surface area contributed by atoms with E-state index in [4.69, 9.17) is 9.84 Å². The summed E-state index contributed by atoms with van der Waals surface area (Å²) in [7, 11) is 3.34. The number of aromatic nitrogens is 3. The highest BCUT2D eigenvalue weighted by Crippen LogP contribution is 2.33. The van der Waals surface area contributed by atoms with E-state index in [1.54, 1.807) is 24.9 Å². The largest absolute Gasteiger partial charge is 0.495 e. The van der Waals surface area contributed by atoms with Gasteiger partial charge in [-0.2, -0.15) is 5.10 Å². The maximum atomic E-state index is 11.0. The molecule has 2 aromatic heterocycles. The number of carbonyl (C=O) groups is 1. The lowest BCUT2D eigenvalue weighted by atomic mass is 10.1. The number of nitrogens with one attached hydrogen (secondary N) is 1. The Kier molecular flexibility index (Phi) is 2.71. The number of methoxy groups -OCH3 is 1. The molecule has 20 heavy (non-hydrogen) atoms. The van der Waals surface area contributed by atoms with Crippen LogP contribution in [-0.4, -0.2) is 33.0 Å². The summed E-state index contributed by atoms with van der Waals surface area (Å²) >= 11 is 0. The van der Waals surface area contributed by atoms with E-state index in [9.17, 15) is 4.79 Å². The molecule has 0 spiro atoms. The Balaban J connectivity index is 2.23. The SMILES string of the molecule is COc1cccc2c(-c3cc(C(=O)O)nn3C)c[nH]c12. The van der Waals surface area contributed by atoms with Gasteiger partial charge in [-0.25, -0.2) is 4.79 Å². The molecule has 1 aromatic carbocycles. The fraction of sp³-hybridized carbons (Fsp3) is 0.143. The minimum Gasteiger partial charge on any atom is -0.495 e. The van der Waals surface area contributed by atoms with E-state index in [2.05, 4.69) is 10.1 Å². The van der Waals surface area contributed by atoms with E-state index < -0.39 is 5.97 Å². The summed E-state index contributed by atoms with van der Waals surface area (Å²) in [6.45, 7) is 0. The average molecular weight is 271 g/mol. The second-order valence-corrected chi connectivity index (χ2v) is 4.43. The zero-order valence-electron chi connectivity index (χ0n) is 11.0. The van der Waals surface area contributed by atoms with Gasteiger partial charge in [0, 0.05) is 24.2 Å². The number of carboxylic acids is 1. The van der Waals surface area contributed by atoms with Crippen molar-refractivity contribution in [2.45, 2.75) is 0 Å². The van der Waals surface area contributed by atoms with Crippen LogP contribution in [0.25, 0.3) is 22.2 Å². The molecule has 0 fully saturated rings. The lowest BCUT2D eigenvalue weighted by Crippen LogP contribution is -1.99. The number of aromatic amines is 1. The molecule has 2 heterocycles. The zero-order chi connectivity index (χ0) is 14.3. The average Bonchev–Trinajstić information content (AvgIpc) is 3.01. The lowest BCUT2D eigenvalue weighted by molar-refractivity contribution is 0.0689. The Morgan fingerprint density at radius 1 is 1.45 bits per heavy atom. The monoisotopic (exact) mass is 271 g/mol. The van der Waals surface area contributed by atoms with E-state index in [0.29, 0.717) is 0 Å². The van der Waals surface area contributed by atoms with Gasteiger partial charge >= 0.3 is 5.97 Å². The van der Waals surface area contributed by atoms with E-state index in [1.165, 1.54) is 0 Å². The number of fused-ring (bicyclic) bond motifs is 1. The normalized spacial score (nSPS) is 10.9. The van der Waals surface area contributed by atoms with Gasteiger partial charge < -0.3 is 14.8 Å². The van der Waals surface area contributed by atoms with Gasteiger partial charge in [-0.15, -0.1) is 0 Å². The Morgan fingerprint density at radius 3 is 2.90 bits per heavy atom. The Bertz CT molecular complexity index is 801. The summed E-state index contributed by atoms with van der Waals surface area (Å²) in [5.74, 6) is -0.293. The molecule has 0 aliphatic carbocycles. The Labute approximate surface area is 114 Å². The molecule has 3 aromatic rings. The number of hydrogen-bond acceptors (Lipinski definition) is 3. The van der Waals surface area contributed by atoms with Crippen LogP contribution in [0.3, 0.4) is 0 Å². The third-order valence-corrected chi connectivity index (χ3v) is 3.27. The second kappa shape index (κ2) is 4.41. The molecule has 6 nitrogen and oxygen atoms in total. The fourth-order valence-corrected chi connectivity index (χ4v) is 2.33. The summed E-state index contributed by atoms with van der Waals surface area (Å²) in [4.78, 5) is 14.2. The fourth-order valence-electron chi connectivity index (χ4n) is 2.33. The first kappa shape index (κ1) is 12.3. The van der Waals surface area contributed by atoms with Crippen molar-refractivity contribution in [2.75, 3.05) is 7.11 Å². The molecule has 0 unspecified atom stereocenters. The van der Waals surface area contributed by atoms with Crippen LogP contribution in [-0.2, 0) is 7.05 Å². The molecule has 0 atom stereocenters. The van der Waals surface area contributed by atoms with Gasteiger partial charge in [-0.05, 0) is 12.1 Å². The van der Waals surface area contributed by atoms with Crippen LogP contribution in [0.2, 0.25) is 0 Å². The molecule has 0 radical (unpaired) electrons. The molecule has 0 bridgehead atoms. The number of aromatic carboxylic acids is 1. The van der Waals surface area contributed by atoms with Crippen LogP contribution in [0, 0.1) is 0 Å². The topological polar surface area (TPSA) is 80.1 Å². The minimum absolute atomic E-state index is 0.0275. The van der Waals surface area contributed by atoms with Crippen molar-refractivity contribution in [3.63, 3.8) is 0 Å². The molecular formula is C14H13N3O3. The van der Waals surface area contributed by atoms with Gasteiger partial charge in [0.25, 0.3) is 0 Å². The molecule has 0 aliphatic heterocycles. The number of para-hydroxylation sites is 1. The van der Waals surface area contributed by atoms with Crippen molar-refractivity contribution >= 4 is 16.9 Å². The molecule has 3 rings (SSSR count). The van der Waals surface area contributed by atoms with Crippen LogP contribution >= 0.6 is 0 Å². The van der Waals surface area contributed by atoms with E-state index in [-0.39, 0.29) is 5.69 Å². The van der Waals surface area contributed by atoms with Gasteiger partial charge in [0.05, 0.1) is 18.3 Å². The molecular weight excluding hydrogens is 258 g/mol. The predicted octanol–water partition coefficient (Wildman–Crippen LogP) is 2.28. The third-order valence-electron chi connectivity index (χ3n) is 3.27. The third kappa shape index (κ3) is 1.73. The smallest absolute Gasteiger partial charge is 0.356 e. The predicted molar refractivity (Wildman–Crippen MR) is 74.0 cm³/mol. The van der Waals surface area contributed by atoms with Crippen molar-refractivity contribution < 1.29 is 14.6 Å². The van der Waals surface area contributed by atoms with Gasteiger partial charge in [0.1, 0.15) is 5.75 Å². The van der Waals surface area contributed by atoms with Crippen molar-refractivity contribution in [1.29, 1.82) is 0 Å². The van der Waals surface area contributed by atoms with Gasteiger partial charge in [0.15, 0.2) is 5.69 Å². The van der Waals surface area contributed by atoms with Gasteiger partial charge in [-0.3, -0.25) is 4.68 Å². The standard InChI is InChI=1S/C14H13N3O3/c1-17-11(6-10(16-17)14(18)19)9-7-15-13-8(9)4-3-5-12(13)20-2/h3-7,15H,1-2H3,(H,18,19). The van der Waals surface area contributed by atoms with E-state index >= 15 is 0 Å². The number of benzene rings is 1. The highest BCUT2D eigenvalue weighted by molar-refractivity contribution is 5.98. The molecule has 0 saturated heterocycles. The summed E-state index contributed by atoms with van der Waals surface area (Å²) in [5.41, 5.74) is 2.53. The highest BCUT2D eigenvalue weighted by Gasteiger charge is 2.16. The molecule has 0 aliphatic rings. The number of rotatable bonds is 3. The number of H-pyrrole nitrogens is 1. The first-order valence-electron chi connectivity index (χ1n) is 6.03. The van der Waals surface area contributed by atoms with Crippen LogP contribution in [0.5, 0.6) is 5.75 Å². The number of ether oxygens (including phenoxy) is 1. The Hall–Kier alpha value is -2.76. The van der Waals surface area contributed by atoms with Gasteiger partial charge in [-0.1, -0.05) is 12.1 Å². The van der Waals surface area contributed by atoms with Crippen molar-refractivity contribution in [2.24, 2.45) is 7.05 Å². The van der Waals surface area contributed by atoms with Crippen molar-refractivity contribution in [3.8, 4) is 17.0 Å². The maximum absolute atomic E-state index is 11.0. The summed E-state index contributed by atoms with van der Waals surface area (Å²) in [6.07, 6.45) is 1.83. The molecule has 2 N–H and O–H groups in total. The second-order valence-electron chi connectivity index (χ2n) is 4.43. The van der Waals surface area contributed by atoms with E-state index in [1.807, 2.05) is 24.4 Å². The molecule has 0 amide bonds. The van der Waals surface area contributed by atoms with Crippen molar-refractivity contribution in [3.05, 3.63) is 36.2 Å². The maximum Gasteiger partial charge on any atom is 0.356 e. The summed E-state index contributed by atoms with van der Waals surface area (Å²) < 4.78 is 6.86. The first-order valence-corrected chi connectivity index (χ1v) is 6.03. The van der Waals surface area contributed by atoms with Crippen LogP contribution in [0.1, 0.15) is 10.5 Å². The molecule has 102 valence electrons. The summed E-state index contributed by atoms with van der Waals surface area (Å²) in [6, 6.07) is 7.28. The Morgan fingerprint density at radius 2 is 2.25 bits per heavy atom. The summed E-state index contributed by atoms with van der Waals surface area (Å²) in [5, 5.41) is 14.0. The minimum atomic E-state index is -1.04.